The molecule has 6 heteroatoms. The minimum Gasteiger partial charge on any atom is -0.497 e. The zero-order valence-corrected chi connectivity index (χ0v) is 19.3. The smallest absolute Gasteiger partial charge is 0.127 e. The van der Waals surface area contributed by atoms with Crippen molar-refractivity contribution in [2.75, 3.05) is 14.2 Å². The number of methoxy groups -OCH3 is 2. The maximum absolute atomic E-state index is 6.06. The molecule has 1 aliphatic rings. The molecule has 0 bridgehead atoms. The maximum Gasteiger partial charge on any atom is 0.127 e. The molecule has 0 fully saturated rings. The van der Waals surface area contributed by atoms with E-state index in [1.54, 1.807) is 26.0 Å². The maximum atomic E-state index is 6.06. The highest BCUT2D eigenvalue weighted by Crippen LogP contribution is 2.33. The van der Waals surface area contributed by atoms with Gasteiger partial charge >= 0.3 is 0 Å². The van der Waals surface area contributed by atoms with Gasteiger partial charge in [0.05, 0.1) is 14.2 Å². The lowest BCUT2D eigenvalue weighted by atomic mass is 9.90. The topological polar surface area (TPSA) is 69.4 Å². The van der Waals surface area contributed by atoms with Gasteiger partial charge in [-0.2, -0.15) is 0 Å². The average molecular weight is 448 g/mol. The summed E-state index contributed by atoms with van der Waals surface area (Å²) in [4.78, 5) is 4.73. The molecular formula is C26H29N3O2S. The number of aromatic nitrogens is 1. The van der Waals surface area contributed by atoms with Crippen LogP contribution in [0.3, 0.4) is 0 Å². The SMILES string of the molecule is COc1ccc(CCc2ccc(CC(C3=CSC(N)N3)c3ccc(OC)cc3)cn2)cc1. The third-order valence-electron chi connectivity index (χ3n) is 5.70. The number of allylic oxidation sites excluding steroid dienone is 1. The van der Waals surface area contributed by atoms with Gasteiger partial charge in [-0.05, 0) is 71.7 Å². The van der Waals surface area contributed by atoms with Gasteiger partial charge in [-0.3, -0.25) is 4.98 Å². The number of pyridine rings is 1. The monoisotopic (exact) mass is 447 g/mol. The number of hydrogen-bond donors (Lipinski definition) is 2. The number of rotatable bonds is 9. The number of nitrogens with two attached hydrogens (primary N) is 1. The lowest BCUT2D eigenvalue weighted by Crippen LogP contribution is -2.31. The summed E-state index contributed by atoms with van der Waals surface area (Å²) >= 11 is 1.61. The van der Waals surface area contributed by atoms with E-state index in [-0.39, 0.29) is 11.4 Å². The molecule has 0 saturated heterocycles. The first-order valence-electron chi connectivity index (χ1n) is 10.7. The van der Waals surface area contributed by atoms with Crippen LogP contribution in [0.5, 0.6) is 11.5 Å². The number of benzene rings is 2. The van der Waals surface area contributed by atoms with Crippen molar-refractivity contribution in [3.8, 4) is 11.5 Å². The molecule has 0 aliphatic carbocycles. The van der Waals surface area contributed by atoms with Gasteiger partial charge in [-0.25, -0.2) is 0 Å². The van der Waals surface area contributed by atoms with Crippen LogP contribution in [0.15, 0.2) is 78.0 Å². The molecule has 166 valence electrons. The molecule has 1 aliphatic heterocycles. The lowest BCUT2D eigenvalue weighted by Gasteiger charge is -2.21. The van der Waals surface area contributed by atoms with Crippen molar-refractivity contribution in [1.82, 2.24) is 10.3 Å². The molecule has 2 atom stereocenters. The molecule has 32 heavy (non-hydrogen) atoms. The van der Waals surface area contributed by atoms with E-state index >= 15 is 0 Å². The van der Waals surface area contributed by atoms with Gasteiger partial charge in [-0.15, -0.1) is 0 Å². The Hall–Kier alpha value is -2.96. The van der Waals surface area contributed by atoms with Gasteiger partial charge in [-0.1, -0.05) is 42.1 Å². The largest absolute Gasteiger partial charge is 0.497 e. The molecule has 0 radical (unpaired) electrons. The van der Waals surface area contributed by atoms with E-state index in [1.165, 1.54) is 16.7 Å². The van der Waals surface area contributed by atoms with Crippen molar-refractivity contribution in [3.63, 3.8) is 0 Å². The van der Waals surface area contributed by atoms with Gasteiger partial charge in [0.15, 0.2) is 0 Å². The van der Waals surface area contributed by atoms with E-state index in [1.807, 2.05) is 30.5 Å². The highest BCUT2D eigenvalue weighted by molar-refractivity contribution is 8.02. The third kappa shape index (κ3) is 5.64. The lowest BCUT2D eigenvalue weighted by molar-refractivity contribution is 0.414. The Bertz CT molecular complexity index is 1030. The first-order chi connectivity index (χ1) is 15.6. The van der Waals surface area contributed by atoms with Crippen molar-refractivity contribution in [2.45, 2.75) is 30.7 Å². The van der Waals surface area contributed by atoms with Crippen LogP contribution in [0, 0.1) is 0 Å². The zero-order chi connectivity index (χ0) is 22.3. The molecule has 4 rings (SSSR count). The molecule has 2 unspecified atom stereocenters. The third-order valence-corrected chi connectivity index (χ3v) is 6.50. The fraction of sp³-hybridized carbons (Fsp3) is 0.269. The number of nitrogens with one attached hydrogen (secondary N) is 1. The van der Waals surface area contributed by atoms with E-state index in [9.17, 15) is 0 Å². The summed E-state index contributed by atoms with van der Waals surface area (Å²) in [6, 6.07) is 20.8. The van der Waals surface area contributed by atoms with Gasteiger partial charge in [0, 0.05) is 23.5 Å². The Morgan fingerprint density at radius 2 is 1.56 bits per heavy atom. The fourth-order valence-corrected chi connectivity index (χ4v) is 4.56. The number of nitrogens with zero attached hydrogens (tertiary/aromatic N) is 1. The van der Waals surface area contributed by atoms with Gasteiger partial charge < -0.3 is 20.5 Å². The van der Waals surface area contributed by atoms with E-state index in [2.05, 4.69) is 47.1 Å². The number of ether oxygens (including phenoxy) is 2. The van der Waals surface area contributed by atoms with Crippen LogP contribution < -0.4 is 20.5 Å². The highest BCUT2D eigenvalue weighted by atomic mass is 32.2. The van der Waals surface area contributed by atoms with Crippen LogP contribution in [-0.4, -0.2) is 24.7 Å². The van der Waals surface area contributed by atoms with Crippen LogP contribution in [-0.2, 0) is 19.3 Å². The molecule has 1 aromatic heterocycles. The molecule has 2 aromatic carbocycles. The molecule has 5 nitrogen and oxygen atoms in total. The Kier molecular flexibility index (Phi) is 7.35. The van der Waals surface area contributed by atoms with Gasteiger partial charge in [0.1, 0.15) is 17.0 Å². The van der Waals surface area contributed by atoms with Gasteiger partial charge in [0.25, 0.3) is 0 Å². The van der Waals surface area contributed by atoms with Crippen LogP contribution in [0.4, 0.5) is 0 Å². The fourth-order valence-electron chi connectivity index (χ4n) is 3.83. The average Bonchev–Trinajstić information content (AvgIpc) is 3.28. The minimum absolute atomic E-state index is 0.0933. The van der Waals surface area contributed by atoms with Crippen molar-refractivity contribution >= 4 is 11.8 Å². The van der Waals surface area contributed by atoms with Crippen molar-refractivity contribution in [1.29, 1.82) is 0 Å². The first kappa shape index (κ1) is 22.2. The Balaban J connectivity index is 1.43. The van der Waals surface area contributed by atoms with E-state index in [0.717, 1.165) is 42.2 Å². The minimum atomic E-state index is -0.0933. The van der Waals surface area contributed by atoms with Crippen LogP contribution in [0.1, 0.15) is 28.3 Å². The zero-order valence-electron chi connectivity index (χ0n) is 18.5. The highest BCUT2D eigenvalue weighted by Gasteiger charge is 2.23. The number of hydrogen-bond acceptors (Lipinski definition) is 6. The molecule has 3 N–H and O–H groups in total. The second-order valence-corrected chi connectivity index (χ2v) is 8.83. The summed E-state index contributed by atoms with van der Waals surface area (Å²) in [5, 5.41) is 5.54. The van der Waals surface area contributed by atoms with E-state index < -0.39 is 0 Å². The molecular weight excluding hydrogens is 418 g/mol. The summed E-state index contributed by atoms with van der Waals surface area (Å²) in [6.45, 7) is 0. The van der Waals surface area contributed by atoms with Crippen LogP contribution in [0.2, 0.25) is 0 Å². The Labute approximate surface area is 194 Å². The van der Waals surface area contributed by atoms with Crippen LogP contribution in [0.25, 0.3) is 0 Å². The second kappa shape index (κ2) is 10.6. The number of thioether (sulfide) groups is 1. The normalized spacial score (nSPS) is 16.2. The molecule has 2 heterocycles. The Morgan fingerprint density at radius 1 is 0.906 bits per heavy atom. The van der Waals surface area contributed by atoms with Crippen molar-refractivity contribution in [2.24, 2.45) is 5.73 Å². The van der Waals surface area contributed by atoms with Crippen molar-refractivity contribution < 1.29 is 9.47 Å². The number of aryl methyl sites for hydroxylation is 2. The summed E-state index contributed by atoms with van der Waals surface area (Å²) in [5.41, 5.74) is 11.9. The van der Waals surface area contributed by atoms with E-state index in [0.29, 0.717) is 0 Å². The molecule has 3 aromatic rings. The quantitative estimate of drug-likeness (QED) is 0.498. The summed E-state index contributed by atoms with van der Waals surface area (Å²) in [6.07, 6.45) is 4.72. The first-order valence-corrected chi connectivity index (χ1v) is 11.7. The Morgan fingerprint density at radius 3 is 2.12 bits per heavy atom. The molecule has 0 amide bonds. The standard InChI is InChI=1S/C26H29N3O2S/c1-30-22-11-5-18(6-12-22)3-9-21-10-4-19(16-28-21)15-24(25-17-32-26(27)29-25)20-7-13-23(31-2)14-8-20/h4-8,10-14,16-17,24,26,29H,3,9,15,27H2,1-2H3. The predicted molar refractivity (Wildman–Crippen MR) is 131 cm³/mol. The summed E-state index contributed by atoms with van der Waals surface area (Å²) in [5.74, 6) is 1.93. The summed E-state index contributed by atoms with van der Waals surface area (Å²) < 4.78 is 10.5. The van der Waals surface area contributed by atoms with Crippen LogP contribution >= 0.6 is 11.8 Å². The van der Waals surface area contributed by atoms with E-state index in [4.69, 9.17) is 20.2 Å². The molecule has 0 spiro atoms. The molecule has 0 saturated carbocycles. The second-order valence-electron chi connectivity index (χ2n) is 7.81. The summed E-state index contributed by atoms with van der Waals surface area (Å²) in [7, 11) is 3.37. The van der Waals surface area contributed by atoms with Crippen molar-refractivity contribution in [3.05, 3.63) is 100 Å². The van der Waals surface area contributed by atoms with Gasteiger partial charge in [0.2, 0.25) is 0 Å². The predicted octanol–water partition coefficient (Wildman–Crippen LogP) is 4.63.